The maximum atomic E-state index is 11.4. The third-order valence-corrected chi connectivity index (χ3v) is 6.34. The van der Waals surface area contributed by atoms with E-state index in [1.165, 1.54) is 4.88 Å². The first-order valence-electron chi connectivity index (χ1n) is 7.62. The number of carbonyl (C=O) groups is 1. The van der Waals surface area contributed by atoms with E-state index in [4.69, 9.17) is 0 Å². The second-order valence-corrected chi connectivity index (χ2v) is 8.09. The molecule has 0 saturated heterocycles. The number of carboxylic acids is 1. The van der Waals surface area contributed by atoms with Gasteiger partial charge in [-0.3, -0.25) is 4.79 Å². The quantitative estimate of drug-likeness (QED) is 0.895. The van der Waals surface area contributed by atoms with Crippen molar-refractivity contribution in [2.24, 2.45) is 17.3 Å². The Morgan fingerprint density at radius 1 is 1.43 bits per heavy atom. The minimum absolute atomic E-state index is 0.180. The lowest BCUT2D eigenvalue weighted by Crippen LogP contribution is -2.50. The third kappa shape index (κ3) is 3.29. The van der Waals surface area contributed by atoms with E-state index in [1.54, 1.807) is 11.3 Å². The number of aliphatic carboxylic acids is 1. The first-order chi connectivity index (χ1) is 9.73. The molecule has 4 nitrogen and oxygen atoms in total. The van der Waals surface area contributed by atoms with Gasteiger partial charge in [0, 0.05) is 17.5 Å². The molecule has 1 aromatic heterocycles. The minimum atomic E-state index is -0.653. The lowest BCUT2D eigenvalue weighted by Gasteiger charge is -2.46. The molecule has 1 fully saturated rings. The van der Waals surface area contributed by atoms with Gasteiger partial charge in [-0.15, -0.1) is 11.3 Å². The van der Waals surface area contributed by atoms with Gasteiger partial charge in [0.25, 0.3) is 0 Å². The fourth-order valence-electron chi connectivity index (χ4n) is 3.49. The van der Waals surface area contributed by atoms with Crippen LogP contribution in [0.5, 0.6) is 0 Å². The van der Waals surface area contributed by atoms with Gasteiger partial charge in [-0.2, -0.15) is 0 Å². The van der Waals surface area contributed by atoms with Gasteiger partial charge < -0.3 is 10.4 Å². The molecule has 0 spiro atoms. The standard InChI is InChI=1S/C16H26N2O2S/c1-9-13(7-6-12(15(19)20)16(9,4)5)17-8-14-10(2)18-11(3)21-14/h9,12-13,17H,6-8H2,1-5H3,(H,19,20). The number of nitrogens with one attached hydrogen (secondary N) is 1. The number of hydrogen-bond acceptors (Lipinski definition) is 4. The van der Waals surface area contributed by atoms with E-state index in [0.29, 0.717) is 12.0 Å². The van der Waals surface area contributed by atoms with E-state index < -0.39 is 5.97 Å². The maximum Gasteiger partial charge on any atom is 0.307 e. The molecule has 3 unspecified atom stereocenters. The van der Waals surface area contributed by atoms with Crippen molar-refractivity contribution in [2.45, 2.75) is 60.0 Å². The molecule has 1 aliphatic carbocycles. The summed E-state index contributed by atoms with van der Waals surface area (Å²) in [6.45, 7) is 11.3. The Balaban J connectivity index is 2.02. The molecule has 5 heteroatoms. The van der Waals surface area contributed by atoms with Gasteiger partial charge in [-0.05, 0) is 38.0 Å². The summed E-state index contributed by atoms with van der Waals surface area (Å²) in [6, 6.07) is 0.373. The molecule has 1 heterocycles. The zero-order valence-electron chi connectivity index (χ0n) is 13.6. The molecular weight excluding hydrogens is 284 g/mol. The van der Waals surface area contributed by atoms with Crippen molar-refractivity contribution in [3.63, 3.8) is 0 Å². The zero-order chi connectivity index (χ0) is 15.8. The van der Waals surface area contributed by atoms with Crippen LogP contribution < -0.4 is 5.32 Å². The first kappa shape index (κ1) is 16.4. The lowest BCUT2D eigenvalue weighted by molar-refractivity contribution is -0.150. The van der Waals surface area contributed by atoms with Gasteiger partial charge in [0.05, 0.1) is 16.6 Å². The highest BCUT2D eigenvalue weighted by atomic mass is 32.1. The van der Waals surface area contributed by atoms with Gasteiger partial charge >= 0.3 is 5.97 Å². The predicted molar refractivity (Wildman–Crippen MR) is 85.5 cm³/mol. The fraction of sp³-hybridized carbons (Fsp3) is 0.750. The van der Waals surface area contributed by atoms with E-state index in [2.05, 4.69) is 38.0 Å². The number of hydrogen-bond donors (Lipinski definition) is 2. The molecule has 21 heavy (non-hydrogen) atoms. The third-order valence-electron chi connectivity index (χ3n) is 5.26. The van der Waals surface area contributed by atoms with Gasteiger partial charge in [0.2, 0.25) is 0 Å². The van der Waals surface area contributed by atoms with Crippen LogP contribution in [0.1, 0.15) is 49.2 Å². The summed E-state index contributed by atoms with van der Waals surface area (Å²) < 4.78 is 0. The molecule has 118 valence electrons. The molecule has 1 saturated carbocycles. The summed E-state index contributed by atoms with van der Waals surface area (Å²) in [5, 5.41) is 14.1. The summed E-state index contributed by atoms with van der Waals surface area (Å²) in [7, 11) is 0. The molecule has 1 aromatic rings. The van der Waals surface area contributed by atoms with Gasteiger partial charge in [0.15, 0.2) is 0 Å². The summed E-state index contributed by atoms with van der Waals surface area (Å²) in [5.74, 6) is -0.557. The number of nitrogens with zero attached hydrogens (tertiary/aromatic N) is 1. The molecule has 1 aliphatic rings. The zero-order valence-corrected chi connectivity index (χ0v) is 14.4. The minimum Gasteiger partial charge on any atom is -0.481 e. The highest BCUT2D eigenvalue weighted by Gasteiger charge is 2.46. The second-order valence-electron chi connectivity index (χ2n) is 6.81. The first-order valence-corrected chi connectivity index (χ1v) is 8.44. The monoisotopic (exact) mass is 310 g/mol. The number of aromatic nitrogens is 1. The average molecular weight is 310 g/mol. The molecular formula is C16H26N2O2S. The van der Waals surface area contributed by atoms with Crippen molar-refractivity contribution in [2.75, 3.05) is 0 Å². The summed E-state index contributed by atoms with van der Waals surface area (Å²) in [6.07, 6.45) is 1.68. The Bertz CT molecular complexity index is 524. The topological polar surface area (TPSA) is 62.2 Å². The SMILES string of the molecule is Cc1nc(C)c(CNC2CCC(C(=O)O)C(C)(C)C2C)s1. The van der Waals surface area contributed by atoms with Crippen LogP contribution in [0.3, 0.4) is 0 Å². The summed E-state index contributed by atoms with van der Waals surface area (Å²) >= 11 is 1.74. The Morgan fingerprint density at radius 3 is 2.62 bits per heavy atom. The van der Waals surface area contributed by atoms with Crippen molar-refractivity contribution < 1.29 is 9.90 Å². The predicted octanol–water partition coefficient (Wildman–Crippen LogP) is 3.38. The van der Waals surface area contributed by atoms with Crippen LogP contribution in [-0.4, -0.2) is 22.1 Å². The van der Waals surface area contributed by atoms with E-state index in [-0.39, 0.29) is 11.3 Å². The van der Waals surface area contributed by atoms with Crippen molar-refractivity contribution in [1.82, 2.24) is 10.3 Å². The molecule has 0 radical (unpaired) electrons. The van der Waals surface area contributed by atoms with Crippen LogP contribution in [0.15, 0.2) is 0 Å². The molecule has 0 amide bonds. The van der Waals surface area contributed by atoms with Crippen molar-refractivity contribution >= 4 is 17.3 Å². The van der Waals surface area contributed by atoms with Crippen molar-refractivity contribution in [1.29, 1.82) is 0 Å². The highest BCUT2D eigenvalue weighted by Crippen LogP contribution is 2.45. The Kier molecular flexibility index (Phi) is 4.73. The molecule has 0 aliphatic heterocycles. The van der Waals surface area contributed by atoms with Crippen LogP contribution in [0.25, 0.3) is 0 Å². The maximum absolute atomic E-state index is 11.4. The molecule has 0 aromatic carbocycles. The summed E-state index contributed by atoms with van der Waals surface area (Å²) in [4.78, 5) is 17.2. The molecule has 3 atom stereocenters. The number of aryl methyl sites for hydroxylation is 2. The van der Waals surface area contributed by atoms with Gasteiger partial charge in [-0.1, -0.05) is 20.8 Å². The normalized spacial score (nSPS) is 28.5. The van der Waals surface area contributed by atoms with Gasteiger partial charge in [0.1, 0.15) is 0 Å². The smallest absolute Gasteiger partial charge is 0.307 e. The number of thiazole rings is 1. The molecule has 0 bridgehead atoms. The lowest BCUT2D eigenvalue weighted by atomic mass is 9.61. The van der Waals surface area contributed by atoms with Gasteiger partial charge in [-0.25, -0.2) is 4.98 Å². The summed E-state index contributed by atoms with van der Waals surface area (Å²) in [5.41, 5.74) is 0.927. The van der Waals surface area contributed by atoms with E-state index >= 15 is 0 Å². The largest absolute Gasteiger partial charge is 0.481 e. The van der Waals surface area contributed by atoms with Crippen LogP contribution >= 0.6 is 11.3 Å². The van der Waals surface area contributed by atoms with Crippen LogP contribution in [-0.2, 0) is 11.3 Å². The van der Waals surface area contributed by atoms with Crippen molar-refractivity contribution in [3.8, 4) is 0 Å². The van der Waals surface area contributed by atoms with E-state index in [9.17, 15) is 9.90 Å². The van der Waals surface area contributed by atoms with E-state index in [1.807, 2.05) is 6.92 Å². The van der Waals surface area contributed by atoms with E-state index in [0.717, 1.165) is 30.1 Å². The van der Waals surface area contributed by atoms with Crippen molar-refractivity contribution in [3.05, 3.63) is 15.6 Å². The fourth-order valence-corrected chi connectivity index (χ4v) is 4.37. The number of carboxylic acid groups (broad SMARTS) is 1. The van der Waals surface area contributed by atoms with Crippen LogP contribution in [0.4, 0.5) is 0 Å². The Labute approximate surface area is 131 Å². The van der Waals surface area contributed by atoms with Crippen LogP contribution in [0.2, 0.25) is 0 Å². The average Bonchev–Trinajstić information content (AvgIpc) is 2.69. The van der Waals surface area contributed by atoms with Crippen LogP contribution in [0, 0.1) is 31.1 Å². The molecule has 2 N–H and O–H groups in total. The molecule has 2 rings (SSSR count). The Hall–Kier alpha value is -0.940. The second kappa shape index (κ2) is 6.05. The highest BCUT2D eigenvalue weighted by molar-refractivity contribution is 7.11. The number of rotatable bonds is 4. The Morgan fingerprint density at radius 2 is 2.10 bits per heavy atom.